The first-order valence-electron chi connectivity index (χ1n) is 16.3. The number of hydrogen-bond donors (Lipinski definition) is 3. The topological polar surface area (TPSA) is 148 Å². The van der Waals surface area contributed by atoms with E-state index in [2.05, 4.69) is 56.2 Å². The molecule has 2 aromatic carbocycles. The minimum Gasteiger partial charge on any atom is -0.351 e. The lowest BCUT2D eigenvalue weighted by Crippen LogP contribution is -2.46. The molecule has 14 heteroatoms. The monoisotopic (exact) mass is 693 g/mol. The second-order valence-electron chi connectivity index (χ2n) is 12.9. The van der Waals surface area contributed by atoms with Crippen molar-refractivity contribution in [2.75, 3.05) is 39.0 Å². The molecule has 4 heterocycles. The average molecular weight is 694 g/mol. The van der Waals surface area contributed by atoms with Gasteiger partial charge in [0.1, 0.15) is 10.8 Å². The zero-order chi connectivity index (χ0) is 33.8. The summed E-state index contributed by atoms with van der Waals surface area (Å²) in [6.45, 7) is 3.67. The molecular formula is C34H40FN7O4S2. The van der Waals surface area contributed by atoms with Gasteiger partial charge in [0, 0.05) is 50.0 Å². The van der Waals surface area contributed by atoms with Crippen molar-refractivity contribution in [3.05, 3.63) is 65.6 Å². The lowest BCUT2D eigenvalue weighted by molar-refractivity contribution is -0.123. The van der Waals surface area contributed by atoms with Crippen LogP contribution in [0.4, 0.5) is 4.39 Å². The smallest absolute Gasteiger partial charge is 0.254 e. The van der Waals surface area contributed by atoms with E-state index in [4.69, 9.17) is 5.26 Å². The van der Waals surface area contributed by atoms with E-state index in [1.54, 1.807) is 12.3 Å². The summed E-state index contributed by atoms with van der Waals surface area (Å²) < 4.78 is 41.6. The fourth-order valence-electron chi connectivity index (χ4n) is 6.75. The van der Waals surface area contributed by atoms with Crippen molar-refractivity contribution in [2.24, 2.45) is 5.92 Å². The summed E-state index contributed by atoms with van der Waals surface area (Å²) >= 11 is 1.45. The number of carbonyl (C=O) groups is 2. The number of nitriles is 1. The van der Waals surface area contributed by atoms with Gasteiger partial charge in [0.2, 0.25) is 15.9 Å². The summed E-state index contributed by atoms with van der Waals surface area (Å²) in [6, 6.07) is 13.4. The molecule has 3 aliphatic rings. The maximum absolute atomic E-state index is 15.3. The Hall–Kier alpha value is -3.74. The number of nitrogens with zero attached hydrogens (tertiary/aromatic N) is 4. The minimum absolute atomic E-state index is 0.0489. The third-order valence-electron chi connectivity index (χ3n) is 9.32. The highest BCUT2D eigenvalue weighted by molar-refractivity contribution is 7.88. The Labute approximate surface area is 284 Å². The Bertz CT molecular complexity index is 1790. The van der Waals surface area contributed by atoms with E-state index < -0.39 is 39.9 Å². The molecule has 0 saturated carbocycles. The van der Waals surface area contributed by atoms with Crippen molar-refractivity contribution in [3.63, 3.8) is 0 Å². The molecule has 11 nitrogen and oxygen atoms in total. The molecule has 48 heavy (non-hydrogen) atoms. The van der Waals surface area contributed by atoms with Crippen LogP contribution in [0.3, 0.4) is 0 Å². The first-order chi connectivity index (χ1) is 23.1. The number of likely N-dealkylation sites (tertiary alicyclic amines) is 1. The second-order valence-corrected chi connectivity index (χ2v) is 15.9. The predicted octanol–water partition coefficient (Wildman–Crippen LogP) is 3.35. The van der Waals surface area contributed by atoms with Gasteiger partial charge >= 0.3 is 0 Å². The number of aromatic nitrogens is 1. The molecule has 3 aromatic rings. The maximum atomic E-state index is 15.3. The van der Waals surface area contributed by atoms with E-state index in [-0.39, 0.29) is 36.9 Å². The van der Waals surface area contributed by atoms with Crippen LogP contribution in [0.5, 0.6) is 0 Å². The minimum atomic E-state index is -3.64. The van der Waals surface area contributed by atoms with Crippen LogP contribution in [-0.4, -0.2) is 91.5 Å². The number of carbonyl (C=O) groups excluding carboxylic acids is 2. The number of thiazole rings is 1. The summed E-state index contributed by atoms with van der Waals surface area (Å²) in [6.07, 6.45) is 7.28. The molecule has 1 aromatic heterocycles. The molecule has 3 fully saturated rings. The van der Waals surface area contributed by atoms with Gasteiger partial charge in [-0.05, 0) is 62.0 Å². The van der Waals surface area contributed by atoms with Crippen LogP contribution in [0.15, 0.2) is 48.7 Å². The molecule has 0 aliphatic carbocycles. The van der Waals surface area contributed by atoms with Crippen LogP contribution >= 0.6 is 11.3 Å². The quantitative estimate of drug-likeness (QED) is 0.293. The lowest BCUT2D eigenvalue weighted by atomic mass is 10.1. The van der Waals surface area contributed by atoms with Crippen molar-refractivity contribution in [1.29, 1.82) is 5.26 Å². The average Bonchev–Trinajstić information content (AvgIpc) is 3.85. The van der Waals surface area contributed by atoms with Crippen LogP contribution in [0, 0.1) is 23.1 Å². The molecule has 0 radical (unpaired) electrons. The number of amides is 2. The van der Waals surface area contributed by atoms with Gasteiger partial charge in [-0.2, -0.15) is 9.57 Å². The number of nitrogens with one attached hydrogen (secondary N) is 3. The first kappa shape index (κ1) is 34.1. The van der Waals surface area contributed by atoms with E-state index in [0.29, 0.717) is 18.5 Å². The number of sulfonamides is 1. The summed E-state index contributed by atoms with van der Waals surface area (Å²) in [7, 11) is -3.64. The van der Waals surface area contributed by atoms with Gasteiger partial charge in [-0.3, -0.25) is 14.5 Å². The summed E-state index contributed by atoms with van der Waals surface area (Å²) in [5, 5.41) is 18.5. The fourth-order valence-corrected chi connectivity index (χ4v) is 8.82. The fraction of sp³-hybridized carbons (Fsp3) is 0.471. The zero-order valence-electron chi connectivity index (χ0n) is 26.8. The molecule has 0 spiro atoms. The first-order valence-corrected chi connectivity index (χ1v) is 19.0. The Morgan fingerprint density at radius 2 is 1.85 bits per heavy atom. The van der Waals surface area contributed by atoms with E-state index in [1.807, 2.05) is 0 Å². The molecular weight excluding hydrogens is 654 g/mol. The van der Waals surface area contributed by atoms with Crippen molar-refractivity contribution in [1.82, 2.24) is 30.1 Å². The van der Waals surface area contributed by atoms with E-state index in [9.17, 15) is 18.0 Å². The van der Waals surface area contributed by atoms with E-state index in [0.717, 1.165) is 41.3 Å². The standard InChI is InChI=1S/C34H40FN7O4S2/c1-48(45,46)42-21-26(40-33(44)30-13-23(16-36)17-37-30)15-27(42)18-38-32(43)28-10-9-25(14-29(28)35)31-19-39-34(47-31)24-7-5-22(6-8-24)20-41-11-3-2-4-12-41/h5-10,14,19,23,26-27,30,37H,2-4,11-13,15,17-18,20-21H2,1H3,(H,38,43)(H,40,44)/t23-,26-,27-,30+/m1/s1. The second kappa shape index (κ2) is 14.8. The van der Waals surface area contributed by atoms with Crippen LogP contribution in [0.25, 0.3) is 21.0 Å². The summed E-state index contributed by atoms with van der Waals surface area (Å²) in [5.74, 6) is -1.89. The van der Waals surface area contributed by atoms with E-state index in [1.165, 1.54) is 52.6 Å². The highest BCUT2D eigenvalue weighted by Crippen LogP contribution is 2.33. The zero-order valence-corrected chi connectivity index (χ0v) is 28.5. The van der Waals surface area contributed by atoms with Crippen LogP contribution < -0.4 is 16.0 Å². The molecule has 3 saturated heterocycles. The third-order valence-corrected chi connectivity index (χ3v) is 11.7. The maximum Gasteiger partial charge on any atom is 0.254 e. The highest BCUT2D eigenvalue weighted by atomic mass is 32.2. The lowest BCUT2D eigenvalue weighted by Gasteiger charge is -2.26. The Balaban J connectivity index is 1.05. The Morgan fingerprint density at radius 3 is 2.54 bits per heavy atom. The number of hydrogen-bond acceptors (Lipinski definition) is 9. The molecule has 4 atom stereocenters. The highest BCUT2D eigenvalue weighted by Gasteiger charge is 2.40. The number of rotatable bonds is 10. The number of halogens is 1. The van der Waals surface area contributed by atoms with Crippen molar-refractivity contribution in [3.8, 4) is 27.1 Å². The molecule has 3 N–H and O–H groups in total. The van der Waals surface area contributed by atoms with Gasteiger partial charge < -0.3 is 16.0 Å². The van der Waals surface area contributed by atoms with Crippen LogP contribution in [0.1, 0.15) is 48.0 Å². The van der Waals surface area contributed by atoms with Crippen LogP contribution in [-0.2, 0) is 21.4 Å². The van der Waals surface area contributed by atoms with Crippen molar-refractivity contribution in [2.45, 2.75) is 56.8 Å². The number of piperidine rings is 1. The van der Waals surface area contributed by atoms with Gasteiger partial charge in [-0.1, -0.05) is 36.8 Å². The molecule has 0 bridgehead atoms. The van der Waals surface area contributed by atoms with Crippen molar-refractivity contribution < 1.29 is 22.4 Å². The van der Waals surface area contributed by atoms with Gasteiger partial charge in [-0.15, -0.1) is 11.3 Å². The van der Waals surface area contributed by atoms with Gasteiger partial charge in [0.25, 0.3) is 5.91 Å². The SMILES string of the molecule is CS(=O)(=O)N1C[C@H](NC(=O)[C@@H]2C[C@H](C#N)CN2)C[C@@H]1CNC(=O)c1ccc(-c2cnc(-c3ccc(CN4CCCCC4)cc3)s2)cc1F. The predicted molar refractivity (Wildman–Crippen MR) is 182 cm³/mol. The van der Waals surface area contributed by atoms with E-state index >= 15 is 4.39 Å². The molecule has 3 aliphatic heterocycles. The van der Waals surface area contributed by atoms with Gasteiger partial charge in [-0.25, -0.2) is 17.8 Å². The molecule has 0 unspecified atom stereocenters. The van der Waals surface area contributed by atoms with Crippen molar-refractivity contribution >= 4 is 33.2 Å². The number of benzene rings is 2. The summed E-state index contributed by atoms with van der Waals surface area (Å²) in [5.41, 5.74) is 2.71. The normalized spacial score (nSPS) is 23.5. The largest absolute Gasteiger partial charge is 0.351 e. The van der Waals surface area contributed by atoms with Gasteiger partial charge in [0.05, 0.1) is 34.7 Å². The molecule has 2 amide bonds. The Morgan fingerprint density at radius 1 is 1.10 bits per heavy atom. The molecule has 6 rings (SSSR count). The molecule has 254 valence electrons. The third kappa shape index (κ3) is 8.10. The van der Waals surface area contributed by atoms with Crippen LogP contribution in [0.2, 0.25) is 0 Å². The summed E-state index contributed by atoms with van der Waals surface area (Å²) in [4.78, 5) is 33.6. The van der Waals surface area contributed by atoms with Gasteiger partial charge in [0.15, 0.2) is 0 Å². The Kier molecular flexibility index (Phi) is 10.5.